The summed E-state index contributed by atoms with van der Waals surface area (Å²) in [6.07, 6.45) is 0. The molecule has 0 fully saturated rings. The average Bonchev–Trinajstić information content (AvgIpc) is 2.00. The van der Waals surface area contributed by atoms with Gasteiger partial charge in [-0.05, 0) is 24.7 Å². The second-order valence-corrected chi connectivity index (χ2v) is 4.18. The maximum Gasteiger partial charge on any atom is -0.00268 e. The van der Waals surface area contributed by atoms with Crippen molar-refractivity contribution >= 4 is 0 Å². The largest absolute Gasteiger partial charge is 0.0995 e. The molecule has 0 aromatic heterocycles. The Morgan fingerprint density at radius 2 is 1.42 bits per heavy atom. The quantitative estimate of drug-likeness (QED) is 0.553. The summed E-state index contributed by atoms with van der Waals surface area (Å²) in [6.45, 7) is 19.1. The lowest BCUT2D eigenvalue weighted by atomic mass is 9.82. The van der Waals surface area contributed by atoms with Gasteiger partial charge in [-0.2, -0.15) is 0 Å². The van der Waals surface area contributed by atoms with Crippen molar-refractivity contribution < 1.29 is 0 Å². The highest BCUT2D eigenvalue weighted by molar-refractivity contribution is 5.15. The molecule has 0 aliphatic heterocycles. The zero-order valence-corrected chi connectivity index (χ0v) is 9.15. The molecule has 0 bridgehead atoms. The standard InChI is InChI=1S/C12H22/c1-8(2)10(5)12(7)11(6)9(3)4/h9-11H,1,7H2,2-6H3. The summed E-state index contributed by atoms with van der Waals surface area (Å²) in [4.78, 5) is 0. The average molecular weight is 166 g/mol. The molecule has 0 heteroatoms. The summed E-state index contributed by atoms with van der Waals surface area (Å²) in [6, 6.07) is 0. The first-order valence-corrected chi connectivity index (χ1v) is 4.72. The van der Waals surface area contributed by atoms with Crippen LogP contribution in [0.4, 0.5) is 0 Å². The maximum atomic E-state index is 4.14. The van der Waals surface area contributed by atoms with Crippen LogP contribution in [-0.4, -0.2) is 0 Å². The van der Waals surface area contributed by atoms with Crippen LogP contribution in [0.5, 0.6) is 0 Å². The molecule has 0 aromatic carbocycles. The van der Waals surface area contributed by atoms with Crippen molar-refractivity contribution in [3.8, 4) is 0 Å². The Bertz CT molecular complexity index is 174. The predicted octanol–water partition coefficient (Wildman–Crippen LogP) is 4.05. The molecule has 0 aromatic rings. The lowest BCUT2D eigenvalue weighted by Crippen LogP contribution is -2.13. The first-order chi connectivity index (χ1) is 5.37. The van der Waals surface area contributed by atoms with Gasteiger partial charge in [0.25, 0.3) is 0 Å². The molecule has 70 valence electrons. The molecule has 0 radical (unpaired) electrons. The minimum absolute atomic E-state index is 0.461. The van der Waals surface area contributed by atoms with Crippen LogP contribution in [0.15, 0.2) is 24.3 Å². The molecule has 0 saturated carbocycles. The lowest BCUT2D eigenvalue weighted by Gasteiger charge is -2.24. The van der Waals surface area contributed by atoms with Crippen molar-refractivity contribution in [1.29, 1.82) is 0 Å². The predicted molar refractivity (Wildman–Crippen MR) is 57.1 cm³/mol. The van der Waals surface area contributed by atoms with E-state index in [1.807, 2.05) is 0 Å². The Morgan fingerprint density at radius 3 is 1.67 bits per heavy atom. The van der Waals surface area contributed by atoms with Crippen LogP contribution in [0, 0.1) is 17.8 Å². The molecule has 2 unspecified atom stereocenters. The fourth-order valence-electron chi connectivity index (χ4n) is 1.14. The minimum atomic E-state index is 0.461. The van der Waals surface area contributed by atoms with E-state index in [0.717, 1.165) is 0 Å². The van der Waals surface area contributed by atoms with Gasteiger partial charge in [0.1, 0.15) is 0 Å². The number of hydrogen-bond donors (Lipinski definition) is 0. The second-order valence-electron chi connectivity index (χ2n) is 4.18. The monoisotopic (exact) mass is 166 g/mol. The molecule has 0 aliphatic carbocycles. The molecule has 0 rings (SSSR count). The highest BCUT2D eigenvalue weighted by atomic mass is 14.2. The highest BCUT2D eigenvalue weighted by Gasteiger charge is 2.16. The van der Waals surface area contributed by atoms with E-state index in [2.05, 4.69) is 47.8 Å². The Labute approximate surface area is 77.4 Å². The summed E-state index contributed by atoms with van der Waals surface area (Å²) in [5.41, 5.74) is 2.53. The van der Waals surface area contributed by atoms with Crippen LogP contribution in [0.2, 0.25) is 0 Å². The van der Waals surface area contributed by atoms with Crippen molar-refractivity contribution in [2.24, 2.45) is 17.8 Å². The Hall–Kier alpha value is -0.520. The van der Waals surface area contributed by atoms with Gasteiger partial charge in [-0.3, -0.25) is 0 Å². The smallest absolute Gasteiger partial charge is 0.00268 e. The third-order valence-electron chi connectivity index (χ3n) is 2.88. The molecular formula is C12H22. The Balaban J connectivity index is 4.29. The van der Waals surface area contributed by atoms with Gasteiger partial charge in [0, 0.05) is 0 Å². The normalized spacial score (nSPS) is 15.8. The molecule has 0 spiro atoms. The summed E-state index contributed by atoms with van der Waals surface area (Å²) in [5.74, 6) is 1.73. The summed E-state index contributed by atoms with van der Waals surface area (Å²) in [7, 11) is 0. The van der Waals surface area contributed by atoms with E-state index in [1.54, 1.807) is 0 Å². The maximum absolute atomic E-state index is 4.14. The molecule has 0 saturated heterocycles. The number of rotatable bonds is 4. The molecule has 12 heavy (non-hydrogen) atoms. The molecule has 0 heterocycles. The zero-order chi connectivity index (χ0) is 9.89. The van der Waals surface area contributed by atoms with Crippen molar-refractivity contribution in [2.45, 2.75) is 34.6 Å². The first kappa shape index (κ1) is 11.5. The fourth-order valence-corrected chi connectivity index (χ4v) is 1.14. The van der Waals surface area contributed by atoms with Crippen LogP contribution in [0.25, 0.3) is 0 Å². The summed E-state index contributed by atoms with van der Waals surface area (Å²) >= 11 is 0. The number of allylic oxidation sites excluding steroid dienone is 2. The van der Waals surface area contributed by atoms with E-state index < -0.39 is 0 Å². The topological polar surface area (TPSA) is 0 Å². The molecule has 2 atom stereocenters. The van der Waals surface area contributed by atoms with Gasteiger partial charge >= 0.3 is 0 Å². The van der Waals surface area contributed by atoms with Crippen LogP contribution >= 0.6 is 0 Å². The lowest BCUT2D eigenvalue weighted by molar-refractivity contribution is 0.451. The third kappa shape index (κ3) is 2.84. The number of hydrogen-bond acceptors (Lipinski definition) is 0. The van der Waals surface area contributed by atoms with E-state index in [9.17, 15) is 0 Å². The molecule has 0 N–H and O–H groups in total. The minimum Gasteiger partial charge on any atom is -0.0995 e. The van der Waals surface area contributed by atoms with Gasteiger partial charge < -0.3 is 0 Å². The van der Waals surface area contributed by atoms with Gasteiger partial charge in [0.2, 0.25) is 0 Å². The summed E-state index contributed by atoms with van der Waals surface area (Å²) in [5, 5.41) is 0. The van der Waals surface area contributed by atoms with Crippen LogP contribution in [0.1, 0.15) is 34.6 Å². The third-order valence-corrected chi connectivity index (χ3v) is 2.88. The van der Waals surface area contributed by atoms with Gasteiger partial charge in [-0.25, -0.2) is 0 Å². The SMILES string of the molecule is C=C(C)C(C)C(=C)C(C)C(C)C. The second kappa shape index (κ2) is 4.49. The molecular weight excluding hydrogens is 144 g/mol. The fraction of sp³-hybridized carbons (Fsp3) is 0.667. The van der Waals surface area contributed by atoms with E-state index in [4.69, 9.17) is 0 Å². The van der Waals surface area contributed by atoms with E-state index >= 15 is 0 Å². The zero-order valence-electron chi connectivity index (χ0n) is 9.15. The molecule has 0 amide bonds. The summed E-state index contributed by atoms with van der Waals surface area (Å²) < 4.78 is 0. The van der Waals surface area contributed by atoms with Gasteiger partial charge in [0.15, 0.2) is 0 Å². The van der Waals surface area contributed by atoms with Crippen molar-refractivity contribution in [1.82, 2.24) is 0 Å². The van der Waals surface area contributed by atoms with Crippen LogP contribution in [-0.2, 0) is 0 Å². The van der Waals surface area contributed by atoms with Gasteiger partial charge in [-0.15, -0.1) is 0 Å². The van der Waals surface area contributed by atoms with Gasteiger partial charge in [-0.1, -0.05) is 52.0 Å². The van der Waals surface area contributed by atoms with E-state index in [0.29, 0.717) is 17.8 Å². The van der Waals surface area contributed by atoms with Crippen molar-refractivity contribution in [2.75, 3.05) is 0 Å². The van der Waals surface area contributed by atoms with Crippen LogP contribution < -0.4 is 0 Å². The van der Waals surface area contributed by atoms with Crippen molar-refractivity contribution in [3.63, 3.8) is 0 Å². The first-order valence-electron chi connectivity index (χ1n) is 4.72. The van der Waals surface area contributed by atoms with Gasteiger partial charge in [0.05, 0.1) is 0 Å². The van der Waals surface area contributed by atoms with Crippen LogP contribution in [0.3, 0.4) is 0 Å². The Morgan fingerprint density at radius 1 is 1.00 bits per heavy atom. The van der Waals surface area contributed by atoms with E-state index in [-0.39, 0.29) is 0 Å². The highest BCUT2D eigenvalue weighted by Crippen LogP contribution is 2.28. The Kier molecular flexibility index (Phi) is 4.30. The molecule has 0 aliphatic rings. The van der Waals surface area contributed by atoms with E-state index in [1.165, 1.54) is 11.1 Å². The van der Waals surface area contributed by atoms with Crippen molar-refractivity contribution in [3.05, 3.63) is 24.3 Å². The molecule has 0 nitrogen and oxygen atoms in total.